The van der Waals surface area contributed by atoms with E-state index < -0.39 is 29.2 Å². The van der Waals surface area contributed by atoms with Gasteiger partial charge in [-0.05, 0) is 23.8 Å². The Morgan fingerprint density at radius 3 is 2.41 bits per heavy atom. The average Bonchev–Trinajstić information content (AvgIpc) is 2.71. The lowest BCUT2D eigenvalue weighted by molar-refractivity contribution is -0.138. The largest absolute Gasteiger partial charge is 0.488 e. The van der Waals surface area contributed by atoms with Gasteiger partial charge in [0.2, 0.25) is 5.91 Å². The molecular weight excluding hydrogens is 385 g/mol. The summed E-state index contributed by atoms with van der Waals surface area (Å²) < 4.78 is 46.2. The van der Waals surface area contributed by atoms with Crippen LogP contribution in [0.25, 0.3) is 0 Å². The Morgan fingerprint density at radius 2 is 1.72 bits per heavy atom. The molecule has 150 valence electrons. The molecule has 0 saturated heterocycles. The Morgan fingerprint density at radius 1 is 0.966 bits per heavy atom. The van der Waals surface area contributed by atoms with Crippen molar-refractivity contribution >= 4 is 11.7 Å². The Balaban J connectivity index is 1.73. The number of hydrogen-bond acceptors (Lipinski definition) is 5. The highest BCUT2D eigenvalue weighted by Crippen LogP contribution is 2.40. The first-order chi connectivity index (χ1) is 13.9. The second-order valence-corrected chi connectivity index (χ2v) is 5.98. The van der Waals surface area contributed by atoms with Gasteiger partial charge in [-0.15, -0.1) is 0 Å². The number of amides is 1. The highest BCUT2D eigenvalue weighted by Gasteiger charge is 2.38. The number of halogens is 3. The number of hydrogen-bond donors (Lipinski definition) is 2. The zero-order valence-corrected chi connectivity index (χ0v) is 15.1. The standard InChI is InChI=1S/C20H17F3N4O2/c21-20(22,23)18-16(29-13-14-6-2-1-3-7-14)9-11-25-19(18)27-26-17(28)12-15-8-4-5-10-24-15/h1-11H,12-13H2,(H,25,27)(H,26,28). The SMILES string of the molecule is O=C(Cc1ccccn1)NNc1nccc(OCc2ccccc2)c1C(F)(F)F. The predicted molar refractivity (Wildman–Crippen MR) is 99.7 cm³/mol. The quantitative estimate of drug-likeness (QED) is 0.589. The molecule has 0 spiro atoms. The number of aromatic nitrogens is 2. The monoisotopic (exact) mass is 402 g/mol. The lowest BCUT2D eigenvalue weighted by Gasteiger charge is -2.18. The van der Waals surface area contributed by atoms with Crippen molar-refractivity contribution in [2.24, 2.45) is 0 Å². The maximum atomic E-state index is 13.6. The molecule has 0 radical (unpaired) electrons. The summed E-state index contributed by atoms with van der Waals surface area (Å²) in [6.07, 6.45) is -2.15. The van der Waals surface area contributed by atoms with Crippen molar-refractivity contribution in [3.05, 3.63) is 83.8 Å². The lowest BCUT2D eigenvalue weighted by Crippen LogP contribution is -2.32. The van der Waals surface area contributed by atoms with Gasteiger partial charge in [0.05, 0.1) is 6.42 Å². The van der Waals surface area contributed by atoms with Crippen molar-refractivity contribution in [3.8, 4) is 5.75 Å². The highest BCUT2D eigenvalue weighted by molar-refractivity contribution is 5.79. The number of rotatable bonds is 7. The first-order valence-corrected chi connectivity index (χ1v) is 8.61. The predicted octanol–water partition coefficient (Wildman–Crippen LogP) is 3.76. The number of ether oxygens (including phenoxy) is 1. The van der Waals surface area contributed by atoms with Gasteiger partial charge in [0.25, 0.3) is 0 Å². The molecule has 0 saturated carbocycles. The summed E-state index contributed by atoms with van der Waals surface area (Å²) in [4.78, 5) is 19.7. The van der Waals surface area contributed by atoms with E-state index in [1.54, 1.807) is 48.5 Å². The van der Waals surface area contributed by atoms with Crippen LogP contribution in [-0.4, -0.2) is 15.9 Å². The fourth-order valence-corrected chi connectivity index (χ4v) is 2.51. The molecular formula is C20H17F3N4O2. The van der Waals surface area contributed by atoms with Gasteiger partial charge in [0.15, 0.2) is 5.82 Å². The molecule has 3 aromatic rings. The van der Waals surface area contributed by atoms with Crippen molar-refractivity contribution in [3.63, 3.8) is 0 Å². The van der Waals surface area contributed by atoms with Crippen LogP contribution >= 0.6 is 0 Å². The molecule has 0 aliphatic carbocycles. The van der Waals surface area contributed by atoms with E-state index in [1.165, 1.54) is 12.4 Å². The van der Waals surface area contributed by atoms with Gasteiger partial charge in [-0.1, -0.05) is 36.4 Å². The smallest absolute Gasteiger partial charge is 0.423 e. The highest BCUT2D eigenvalue weighted by atomic mass is 19.4. The second-order valence-electron chi connectivity index (χ2n) is 5.98. The topological polar surface area (TPSA) is 76.1 Å². The molecule has 9 heteroatoms. The zero-order chi connectivity index (χ0) is 20.7. The van der Waals surface area contributed by atoms with E-state index in [9.17, 15) is 18.0 Å². The molecule has 29 heavy (non-hydrogen) atoms. The first kappa shape index (κ1) is 20.1. The van der Waals surface area contributed by atoms with E-state index in [-0.39, 0.29) is 13.0 Å². The molecule has 2 aromatic heterocycles. The maximum absolute atomic E-state index is 13.6. The molecule has 0 aliphatic heterocycles. The van der Waals surface area contributed by atoms with Gasteiger partial charge in [-0.3, -0.25) is 20.6 Å². The van der Waals surface area contributed by atoms with Crippen LogP contribution in [0.15, 0.2) is 67.0 Å². The molecule has 0 unspecified atom stereocenters. The molecule has 1 aromatic carbocycles. The summed E-state index contributed by atoms with van der Waals surface area (Å²) in [5.74, 6) is -1.51. The number of hydrazine groups is 1. The maximum Gasteiger partial charge on any atom is 0.423 e. The molecule has 2 heterocycles. The molecule has 2 N–H and O–H groups in total. The van der Waals surface area contributed by atoms with Gasteiger partial charge in [0, 0.05) is 18.1 Å². The van der Waals surface area contributed by atoms with Crippen LogP contribution in [0.5, 0.6) is 5.75 Å². The second kappa shape index (κ2) is 9.05. The van der Waals surface area contributed by atoms with E-state index in [0.29, 0.717) is 5.69 Å². The minimum Gasteiger partial charge on any atom is -0.488 e. The minimum atomic E-state index is -4.74. The number of carbonyl (C=O) groups is 1. The van der Waals surface area contributed by atoms with Gasteiger partial charge in [0.1, 0.15) is 17.9 Å². The molecule has 0 atom stereocenters. The van der Waals surface area contributed by atoms with Crippen molar-refractivity contribution in [2.75, 3.05) is 5.43 Å². The lowest BCUT2D eigenvalue weighted by atomic mass is 10.2. The fraction of sp³-hybridized carbons (Fsp3) is 0.150. The van der Waals surface area contributed by atoms with Crippen LogP contribution in [0.3, 0.4) is 0 Å². The van der Waals surface area contributed by atoms with Crippen LogP contribution in [0, 0.1) is 0 Å². The van der Waals surface area contributed by atoms with E-state index in [4.69, 9.17) is 4.74 Å². The van der Waals surface area contributed by atoms with Crippen molar-refractivity contribution in [1.29, 1.82) is 0 Å². The number of nitrogens with one attached hydrogen (secondary N) is 2. The zero-order valence-electron chi connectivity index (χ0n) is 15.1. The number of carbonyl (C=O) groups excluding carboxylic acids is 1. The number of anilines is 1. The van der Waals surface area contributed by atoms with Crippen LogP contribution in [0.2, 0.25) is 0 Å². The molecule has 0 bridgehead atoms. The Kier molecular flexibility index (Phi) is 6.28. The number of benzene rings is 1. The van der Waals surface area contributed by atoms with E-state index in [1.807, 2.05) is 0 Å². The summed E-state index contributed by atoms with van der Waals surface area (Å²) in [5.41, 5.74) is 4.55. The van der Waals surface area contributed by atoms with Crippen molar-refractivity contribution in [2.45, 2.75) is 19.2 Å². The Labute approximate surface area is 164 Å². The average molecular weight is 402 g/mol. The van der Waals surface area contributed by atoms with E-state index in [2.05, 4.69) is 20.8 Å². The number of nitrogens with zero attached hydrogens (tertiary/aromatic N) is 2. The Bertz CT molecular complexity index is 951. The summed E-state index contributed by atoms with van der Waals surface area (Å²) >= 11 is 0. The third-order valence-electron chi connectivity index (χ3n) is 3.82. The summed E-state index contributed by atoms with van der Waals surface area (Å²) in [6.45, 7) is -0.0423. The van der Waals surface area contributed by atoms with Gasteiger partial charge in [-0.2, -0.15) is 13.2 Å². The first-order valence-electron chi connectivity index (χ1n) is 8.61. The van der Waals surface area contributed by atoms with Crippen molar-refractivity contribution < 1.29 is 22.7 Å². The molecule has 1 amide bonds. The van der Waals surface area contributed by atoms with Gasteiger partial charge in [-0.25, -0.2) is 4.98 Å². The molecule has 3 rings (SSSR count). The van der Waals surface area contributed by atoms with E-state index >= 15 is 0 Å². The minimum absolute atomic E-state index is 0.0423. The molecule has 0 fully saturated rings. The fourth-order valence-electron chi connectivity index (χ4n) is 2.51. The van der Waals surface area contributed by atoms with Crippen molar-refractivity contribution in [1.82, 2.24) is 15.4 Å². The van der Waals surface area contributed by atoms with Gasteiger partial charge < -0.3 is 4.74 Å². The van der Waals surface area contributed by atoms with Crippen LogP contribution in [-0.2, 0) is 24.0 Å². The summed E-state index contributed by atoms with van der Waals surface area (Å²) in [5, 5.41) is 0. The van der Waals surface area contributed by atoms with Crippen LogP contribution in [0.1, 0.15) is 16.8 Å². The molecule has 0 aliphatic rings. The number of pyridine rings is 2. The summed E-state index contributed by atoms with van der Waals surface area (Å²) in [6, 6.07) is 15.0. The van der Waals surface area contributed by atoms with Crippen LogP contribution < -0.4 is 15.6 Å². The number of alkyl halides is 3. The third-order valence-corrected chi connectivity index (χ3v) is 3.82. The van der Waals surface area contributed by atoms with Gasteiger partial charge >= 0.3 is 6.18 Å². The molecule has 6 nitrogen and oxygen atoms in total. The third kappa shape index (κ3) is 5.68. The summed E-state index contributed by atoms with van der Waals surface area (Å²) in [7, 11) is 0. The van der Waals surface area contributed by atoms with E-state index in [0.717, 1.165) is 11.6 Å². The van der Waals surface area contributed by atoms with Crippen LogP contribution in [0.4, 0.5) is 19.0 Å². The Hall–Kier alpha value is -3.62. The normalized spacial score (nSPS) is 11.0.